The molecule has 2 heteroatoms. The molecule has 0 atom stereocenters. The Kier molecular flexibility index (Phi) is 4.74. The molecule has 0 aromatic carbocycles. The van der Waals surface area contributed by atoms with Crippen LogP contribution in [0.15, 0.2) is 11.6 Å². The largest absolute Gasteiger partial charge is 0.238 e. The number of hydrogen-bond acceptors (Lipinski definition) is 0. The van der Waals surface area contributed by atoms with Gasteiger partial charge in [-0.1, -0.05) is 44.9 Å². The Morgan fingerprint density at radius 1 is 1.36 bits per heavy atom. The SMILES string of the molecule is C=C(Cl)C(F)(CCC)CCC. The highest BCUT2D eigenvalue weighted by molar-refractivity contribution is 6.30. The zero-order valence-corrected chi connectivity index (χ0v) is 8.05. The van der Waals surface area contributed by atoms with Crippen molar-refractivity contribution in [1.29, 1.82) is 0 Å². The van der Waals surface area contributed by atoms with Crippen molar-refractivity contribution in [2.75, 3.05) is 0 Å². The summed E-state index contributed by atoms with van der Waals surface area (Å²) in [5.74, 6) is 0. The first-order chi connectivity index (χ1) is 5.06. The molecule has 0 bridgehead atoms. The second-order valence-corrected chi connectivity index (χ2v) is 3.33. The van der Waals surface area contributed by atoms with E-state index in [1.54, 1.807) is 0 Å². The van der Waals surface area contributed by atoms with Crippen molar-refractivity contribution in [1.82, 2.24) is 0 Å². The Bertz CT molecular complexity index is 126. The fraction of sp³-hybridized carbons (Fsp3) is 0.778. The molecule has 0 unspecified atom stereocenters. The summed E-state index contributed by atoms with van der Waals surface area (Å²) in [5, 5.41) is 0.154. The lowest BCUT2D eigenvalue weighted by Crippen LogP contribution is -2.22. The number of allylic oxidation sites excluding steroid dienone is 1. The number of hydrogen-bond donors (Lipinski definition) is 0. The van der Waals surface area contributed by atoms with Gasteiger partial charge in [-0.25, -0.2) is 4.39 Å². The summed E-state index contributed by atoms with van der Waals surface area (Å²) >= 11 is 5.57. The average Bonchev–Trinajstić information content (AvgIpc) is 1.88. The van der Waals surface area contributed by atoms with Crippen LogP contribution >= 0.6 is 11.6 Å². The lowest BCUT2D eigenvalue weighted by Gasteiger charge is -2.22. The maximum Gasteiger partial charge on any atom is 0.145 e. The van der Waals surface area contributed by atoms with Crippen LogP contribution in [0, 0.1) is 0 Å². The predicted molar refractivity (Wildman–Crippen MR) is 48.6 cm³/mol. The number of halogens is 2. The van der Waals surface area contributed by atoms with E-state index in [1.807, 2.05) is 13.8 Å². The molecule has 0 saturated carbocycles. The van der Waals surface area contributed by atoms with Crippen LogP contribution in [-0.4, -0.2) is 5.67 Å². The topological polar surface area (TPSA) is 0 Å². The summed E-state index contributed by atoms with van der Waals surface area (Å²) in [6.45, 7) is 7.35. The van der Waals surface area contributed by atoms with E-state index in [2.05, 4.69) is 6.58 Å². The van der Waals surface area contributed by atoms with Crippen molar-refractivity contribution >= 4 is 11.6 Å². The van der Waals surface area contributed by atoms with Gasteiger partial charge in [-0.15, -0.1) is 0 Å². The van der Waals surface area contributed by atoms with Gasteiger partial charge in [-0.2, -0.15) is 0 Å². The van der Waals surface area contributed by atoms with Gasteiger partial charge in [-0.3, -0.25) is 0 Å². The standard InChI is InChI=1S/C9H16ClF/c1-4-6-9(11,7-5-2)8(3)10/h3-7H2,1-2H3. The van der Waals surface area contributed by atoms with Crippen LogP contribution in [0.4, 0.5) is 4.39 Å². The third-order valence-corrected chi connectivity index (χ3v) is 2.12. The maximum absolute atomic E-state index is 13.7. The zero-order chi connectivity index (χ0) is 8.91. The van der Waals surface area contributed by atoms with Gasteiger partial charge in [0.15, 0.2) is 0 Å². The molecule has 11 heavy (non-hydrogen) atoms. The Morgan fingerprint density at radius 3 is 1.91 bits per heavy atom. The van der Waals surface area contributed by atoms with Crippen molar-refractivity contribution in [2.45, 2.75) is 45.2 Å². The van der Waals surface area contributed by atoms with Crippen molar-refractivity contribution in [3.63, 3.8) is 0 Å². The van der Waals surface area contributed by atoms with Crippen LogP contribution in [-0.2, 0) is 0 Å². The first-order valence-electron chi connectivity index (χ1n) is 4.10. The first-order valence-corrected chi connectivity index (χ1v) is 4.48. The lowest BCUT2D eigenvalue weighted by molar-refractivity contribution is 0.190. The molecule has 0 amide bonds. The summed E-state index contributed by atoms with van der Waals surface area (Å²) in [4.78, 5) is 0. The molecular formula is C9H16ClF. The van der Waals surface area contributed by atoms with E-state index in [4.69, 9.17) is 11.6 Å². The molecule has 0 fully saturated rings. The summed E-state index contributed by atoms with van der Waals surface area (Å²) in [5.41, 5.74) is -1.33. The highest BCUT2D eigenvalue weighted by Crippen LogP contribution is 2.33. The van der Waals surface area contributed by atoms with Gasteiger partial charge in [0.1, 0.15) is 5.67 Å². The van der Waals surface area contributed by atoms with E-state index in [-0.39, 0.29) is 5.03 Å². The molecule has 0 N–H and O–H groups in total. The molecule has 0 nitrogen and oxygen atoms in total. The van der Waals surface area contributed by atoms with Gasteiger partial charge in [0.2, 0.25) is 0 Å². The van der Waals surface area contributed by atoms with Gasteiger partial charge in [0.05, 0.1) is 0 Å². The summed E-state index contributed by atoms with van der Waals surface area (Å²) in [7, 11) is 0. The lowest BCUT2D eigenvalue weighted by atomic mass is 9.95. The molecule has 0 aliphatic heterocycles. The summed E-state index contributed by atoms with van der Waals surface area (Å²) < 4.78 is 13.7. The van der Waals surface area contributed by atoms with E-state index in [0.717, 1.165) is 12.8 Å². The van der Waals surface area contributed by atoms with Crippen LogP contribution in [0.25, 0.3) is 0 Å². The van der Waals surface area contributed by atoms with Gasteiger partial charge < -0.3 is 0 Å². The van der Waals surface area contributed by atoms with Gasteiger partial charge >= 0.3 is 0 Å². The van der Waals surface area contributed by atoms with Crippen molar-refractivity contribution in [2.24, 2.45) is 0 Å². The minimum atomic E-state index is -1.33. The molecule has 0 rings (SSSR count). The van der Waals surface area contributed by atoms with Gasteiger partial charge in [-0.05, 0) is 12.8 Å². The molecule has 0 aromatic rings. The van der Waals surface area contributed by atoms with E-state index in [0.29, 0.717) is 12.8 Å². The molecule has 0 aliphatic rings. The number of alkyl halides is 1. The molecule has 0 heterocycles. The van der Waals surface area contributed by atoms with Crippen LogP contribution in [0.3, 0.4) is 0 Å². The third-order valence-electron chi connectivity index (χ3n) is 1.78. The fourth-order valence-electron chi connectivity index (χ4n) is 1.19. The molecule has 0 aromatic heterocycles. The van der Waals surface area contributed by atoms with E-state index in [9.17, 15) is 4.39 Å². The molecule has 66 valence electrons. The third kappa shape index (κ3) is 3.24. The first kappa shape index (κ1) is 11.0. The van der Waals surface area contributed by atoms with Crippen LogP contribution < -0.4 is 0 Å². The Morgan fingerprint density at radius 2 is 1.73 bits per heavy atom. The molecule has 0 spiro atoms. The Hall–Kier alpha value is -0.0400. The highest BCUT2D eigenvalue weighted by Gasteiger charge is 2.29. The van der Waals surface area contributed by atoms with E-state index >= 15 is 0 Å². The van der Waals surface area contributed by atoms with E-state index in [1.165, 1.54) is 0 Å². The maximum atomic E-state index is 13.7. The van der Waals surface area contributed by atoms with Crippen molar-refractivity contribution in [3.05, 3.63) is 11.6 Å². The molecule has 0 radical (unpaired) electrons. The van der Waals surface area contributed by atoms with Crippen LogP contribution in [0.5, 0.6) is 0 Å². The fourth-order valence-corrected chi connectivity index (χ4v) is 1.38. The normalized spacial score (nSPS) is 11.6. The molecular weight excluding hydrogens is 163 g/mol. The number of rotatable bonds is 5. The minimum absolute atomic E-state index is 0.154. The average molecular weight is 179 g/mol. The van der Waals surface area contributed by atoms with Crippen LogP contribution in [0.1, 0.15) is 39.5 Å². The Balaban J connectivity index is 4.13. The second-order valence-electron chi connectivity index (χ2n) is 2.87. The van der Waals surface area contributed by atoms with Gasteiger partial charge in [0.25, 0.3) is 0 Å². The summed E-state index contributed by atoms with van der Waals surface area (Å²) in [6.07, 6.45) is 2.59. The predicted octanol–water partition coefficient (Wildman–Crippen LogP) is 4.05. The Labute approximate surface area is 73.4 Å². The smallest absolute Gasteiger partial charge is 0.145 e. The second kappa shape index (κ2) is 4.76. The molecule has 0 aliphatic carbocycles. The van der Waals surface area contributed by atoms with Crippen molar-refractivity contribution < 1.29 is 4.39 Å². The van der Waals surface area contributed by atoms with Crippen LogP contribution in [0.2, 0.25) is 0 Å². The van der Waals surface area contributed by atoms with Crippen molar-refractivity contribution in [3.8, 4) is 0 Å². The van der Waals surface area contributed by atoms with E-state index < -0.39 is 5.67 Å². The summed E-state index contributed by atoms with van der Waals surface area (Å²) in [6, 6.07) is 0. The monoisotopic (exact) mass is 178 g/mol. The highest BCUT2D eigenvalue weighted by atomic mass is 35.5. The minimum Gasteiger partial charge on any atom is -0.238 e. The van der Waals surface area contributed by atoms with Gasteiger partial charge in [0, 0.05) is 5.03 Å². The quantitative estimate of drug-likeness (QED) is 0.596. The zero-order valence-electron chi connectivity index (χ0n) is 7.29. The molecule has 0 saturated heterocycles.